The molecule has 100 valence electrons. The first-order chi connectivity index (χ1) is 7.19. The first-order valence-electron chi connectivity index (χ1n) is 5.05. The van der Waals surface area contributed by atoms with Crippen molar-refractivity contribution in [3.8, 4) is 0 Å². The zero-order valence-corrected chi connectivity index (χ0v) is 10.0. The average Bonchev–Trinajstić information content (AvgIpc) is 2.25. The first-order valence-corrected chi connectivity index (χ1v) is 5.05. The van der Waals surface area contributed by atoms with E-state index in [2.05, 4.69) is 0 Å². The number of aliphatic hydroxyl groups excluding tert-OH is 5. The van der Waals surface area contributed by atoms with E-state index in [1.54, 1.807) is 4.90 Å². The third kappa shape index (κ3) is 7.34. The molecule has 5 N–H and O–H groups in total. The molecule has 0 saturated heterocycles. The van der Waals surface area contributed by atoms with Gasteiger partial charge in [-0.25, -0.2) is 0 Å². The third-order valence-corrected chi connectivity index (χ3v) is 2.26. The monoisotopic (exact) mass is 259 g/mol. The highest BCUT2D eigenvalue weighted by Gasteiger charge is 2.19. The van der Waals surface area contributed by atoms with E-state index in [4.69, 9.17) is 20.4 Å². The maximum Gasteiger partial charge on any atom is 0.0786 e. The maximum atomic E-state index is 9.23. The van der Waals surface area contributed by atoms with Crippen LogP contribution in [0.3, 0.4) is 0 Å². The molecule has 0 aliphatic heterocycles. The van der Waals surface area contributed by atoms with Gasteiger partial charge in [0.05, 0.1) is 32.5 Å². The molecule has 0 heterocycles. The minimum Gasteiger partial charge on any atom is -0.395 e. The van der Waals surface area contributed by atoms with E-state index in [0.29, 0.717) is 13.1 Å². The molecule has 0 saturated carbocycles. The van der Waals surface area contributed by atoms with E-state index in [0.717, 1.165) is 0 Å². The largest absolute Gasteiger partial charge is 0.395 e. The predicted octanol–water partition coefficient (Wildman–Crippen LogP) is -2.20. The molecule has 0 rings (SSSR count). The van der Waals surface area contributed by atoms with Crippen LogP contribution in [0.2, 0.25) is 0 Å². The van der Waals surface area contributed by atoms with E-state index < -0.39 is 6.10 Å². The van der Waals surface area contributed by atoms with Crippen molar-refractivity contribution in [2.24, 2.45) is 0 Å². The fraction of sp³-hybridized carbons (Fsp3) is 1.00. The molecule has 0 aromatic heterocycles. The Bertz CT molecular complexity index is 146. The first kappa shape index (κ1) is 18.4. The molecule has 0 aromatic rings. The van der Waals surface area contributed by atoms with Gasteiger partial charge in [-0.3, -0.25) is 4.90 Å². The van der Waals surface area contributed by atoms with Crippen LogP contribution in [0.4, 0.5) is 0 Å². The van der Waals surface area contributed by atoms with Crippen molar-refractivity contribution < 1.29 is 25.5 Å². The number of halogens is 1. The maximum absolute atomic E-state index is 9.23. The second-order valence-electron chi connectivity index (χ2n) is 3.39. The summed E-state index contributed by atoms with van der Waals surface area (Å²) in [6.45, 7) is -0.0506. The van der Waals surface area contributed by atoms with Gasteiger partial charge in [0.25, 0.3) is 0 Å². The normalized spacial score (nSPS) is 14.6. The lowest BCUT2D eigenvalue weighted by molar-refractivity contribution is 0.0255. The molecule has 0 aliphatic carbocycles. The molecule has 0 bridgehead atoms. The van der Waals surface area contributed by atoms with Crippen LogP contribution < -0.4 is 0 Å². The second kappa shape index (κ2) is 11.5. The quantitative estimate of drug-likeness (QED) is 0.322. The summed E-state index contributed by atoms with van der Waals surface area (Å²) in [6.07, 6.45) is -0.672. The molecular weight excluding hydrogens is 238 g/mol. The minimum absolute atomic E-state index is 0. The van der Waals surface area contributed by atoms with Crippen LogP contribution in [0.1, 0.15) is 6.42 Å². The fourth-order valence-electron chi connectivity index (χ4n) is 1.46. The molecule has 16 heavy (non-hydrogen) atoms. The van der Waals surface area contributed by atoms with Crippen molar-refractivity contribution in [2.45, 2.75) is 18.6 Å². The number of aliphatic hydroxyl groups is 5. The Hall–Kier alpha value is 0.0500. The molecular formula is C9H22ClNO5. The Morgan fingerprint density at radius 1 is 0.875 bits per heavy atom. The Morgan fingerprint density at radius 3 is 1.69 bits per heavy atom. The molecule has 2 atom stereocenters. The highest BCUT2D eigenvalue weighted by Crippen LogP contribution is 2.06. The number of nitrogens with zero attached hydrogens (tertiary/aromatic N) is 1. The second-order valence-corrected chi connectivity index (χ2v) is 3.39. The molecule has 0 spiro atoms. The standard InChI is InChI=1S/C9H21NO5.ClH/c11-3-1-10(2-4-12)8(6-13)5-9(15)7-14;/h8-9,11-15H,1-7H2;1H. The van der Waals surface area contributed by atoms with E-state index >= 15 is 0 Å². The van der Waals surface area contributed by atoms with Gasteiger partial charge in [0.1, 0.15) is 0 Å². The summed E-state index contributed by atoms with van der Waals surface area (Å²) in [5.41, 5.74) is 0. The number of rotatable bonds is 9. The Balaban J connectivity index is 0. The number of hydrogen-bond acceptors (Lipinski definition) is 6. The molecule has 0 aromatic carbocycles. The van der Waals surface area contributed by atoms with Gasteiger partial charge in [0.15, 0.2) is 0 Å². The van der Waals surface area contributed by atoms with E-state index in [-0.39, 0.29) is 51.3 Å². The Labute approximate surface area is 102 Å². The highest BCUT2D eigenvalue weighted by molar-refractivity contribution is 5.85. The minimum atomic E-state index is -0.887. The lowest BCUT2D eigenvalue weighted by Gasteiger charge is -2.30. The average molecular weight is 260 g/mol. The summed E-state index contributed by atoms with van der Waals surface area (Å²) >= 11 is 0. The van der Waals surface area contributed by atoms with Crippen LogP contribution in [0.15, 0.2) is 0 Å². The van der Waals surface area contributed by atoms with Gasteiger partial charge in [-0.05, 0) is 6.42 Å². The zero-order chi connectivity index (χ0) is 11.7. The van der Waals surface area contributed by atoms with Gasteiger partial charge >= 0.3 is 0 Å². The van der Waals surface area contributed by atoms with Gasteiger partial charge < -0.3 is 25.5 Å². The van der Waals surface area contributed by atoms with Crippen molar-refractivity contribution in [1.29, 1.82) is 0 Å². The SMILES string of the molecule is Cl.OCCN(CCO)C(CO)CC(O)CO. The Kier molecular flexibility index (Phi) is 13.3. The van der Waals surface area contributed by atoms with E-state index in [9.17, 15) is 5.11 Å². The summed E-state index contributed by atoms with van der Waals surface area (Å²) < 4.78 is 0. The fourth-order valence-corrected chi connectivity index (χ4v) is 1.46. The summed E-state index contributed by atoms with van der Waals surface area (Å²) in [5.74, 6) is 0. The van der Waals surface area contributed by atoms with Crippen LogP contribution >= 0.6 is 12.4 Å². The molecule has 0 fully saturated rings. The van der Waals surface area contributed by atoms with Gasteiger partial charge in [-0.15, -0.1) is 12.4 Å². The van der Waals surface area contributed by atoms with Gasteiger partial charge in [0, 0.05) is 19.1 Å². The van der Waals surface area contributed by atoms with Crippen LogP contribution in [0, 0.1) is 0 Å². The summed E-state index contributed by atoms with van der Waals surface area (Å²) in [7, 11) is 0. The van der Waals surface area contributed by atoms with Crippen LogP contribution in [-0.2, 0) is 0 Å². The smallest absolute Gasteiger partial charge is 0.0786 e. The Morgan fingerprint density at radius 2 is 1.38 bits per heavy atom. The molecule has 0 radical (unpaired) electrons. The van der Waals surface area contributed by atoms with Crippen molar-refractivity contribution in [3.63, 3.8) is 0 Å². The third-order valence-electron chi connectivity index (χ3n) is 2.26. The van der Waals surface area contributed by atoms with Gasteiger partial charge in [-0.1, -0.05) is 0 Å². The lowest BCUT2D eigenvalue weighted by Crippen LogP contribution is -2.43. The molecule has 6 nitrogen and oxygen atoms in total. The lowest BCUT2D eigenvalue weighted by atomic mass is 10.1. The summed E-state index contributed by atoms with van der Waals surface area (Å²) in [6, 6.07) is -0.355. The van der Waals surface area contributed by atoms with Crippen molar-refractivity contribution in [3.05, 3.63) is 0 Å². The van der Waals surface area contributed by atoms with Crippen LogP contribution in [0.5, 0.6) is 0 Å². The topological polar surface area (TPSA) is 104 Å². The van der Waals surface area contributed by atoms with E-state index in [1.165, 1.54) is 0 Å². The van der Waals surface area contributed by atoms with E-state index in [1.807, 2.05) is 0 Å². The van der Waals surface area contributed by atoms with Crippen molar-refractivity contribution in [1.82, 2.24) is 4.90 Å². The summed E-state index contributed by atoms with van der Waals surface area (Å²) in [4.78, 5) is 1.68. The van der Waals surface area contributed by atoms with Crippen molar-refractivity contribution >= 4 is 12.4 Å². The van der Waals surface area contributed by atoms with Crippen LogP contribution in [-0.4, -0.2) is 82.1 Å². The van der Waals surface area contributed by atoms with Gasteiger partial charge in [0.2, 0.25) is 0 Å². The highest BCUT2D eigenvalue weighted by atomic mass is 35.5. The van der Waals surface area contributed by atoms with Gasteiger partial charge in [-0.2, -0.15) is 0 Å². The predicted molar refractivity (Wildman–Crippen MR) is 61.6 cm³/mol. The zero-order valence-electron chi connectivity index (χ0n) is 9.20. The summed E-state index contributed by atoms with van der Waals surface area (Å²) in [5, 5.41) is 44.6. The molecule has 0 aliphatic rings. The van der Waals surface area contributed by atoms with Crippen molar-refractivity contribution in [2.75, 3.05) is 39.5 Å². The number of hydrogen-bond donors (Lipinski definition) is 5. The molecule has 0 amide bonds. The molecule has 7 heteroatoms. The molecule has 2 unspecified atom stereocenters. The van der Waals surface area contributed by atoms with Crippen LogP contribution in [0.25, 0.3) is 0 Å².